The third-order valence-electron chi connectivity index (χ3n) is 4.85. The van der Waals surface area contributed by atoms with Gasteiger partial charge in [0.15, 0.2) is 0 Å². The molecule has 0 aromatic heterocycles. The Morgan fingerprint density at radius 1 is 0.871 bits per heavy atom. The highest BCUT2D eigenvalue weighted by Gasteiger charge is 2.27. The van der Waals surface area contributed by atoms with Gasteiger partial charge >= 0.3 is 0 Å². The minimum Gasteiger partial charge on any atom is -0.324 e. The van der Waals surface area contributed by atoms with Crippen LogP contribution in [0.4, 0.5) is 11.4 Å². The maximum atomic E-state index is 13.5. The SMILES string of the molecule is Cc1ccc(S(=O)(=O)N(CC(=O)Nc2ccc(C)c(Cl)c2)c2cc(C)cc(C)c2)cc1. The van der Waals surface area contributed by atoms with Gasteiger partial charge in [-0.05, 0) is 80.8 Å². The summed E-state index contributed by atoms with van der Waals surface area (Å²) in [5.74, 6) is -0.463. The van der Waals surface area contributed by atoms with Crippen LogP contribution in [0, 0.1) is 27.7 Å². The van der Waals surface area contributed by atoms with E-state index in [1.165, 1.54) is 0 Å². The number of benzene rings is 3. The largest absolute Gasteiger partial charge is 0.324 e. The third-order valence-corrected chi connectivity index (χ3v) is 7.04. The lowest BCUT2D eigenvalue weighted by Gasteiger charge is -2.25. The van der Waals surface area contributed by atoms with Crippen molar-refractivity contribution in [3.8, 4) is 0 Å². The van der Waals surface area contributed by atoms with Crippen molar-refractivity contribution in [2.45, 2.75) is 32.6 Å². The number of hydrogen-bond donors (Lipinski definition) is 1. The van der Waals surface area contributed by atoms with E-state index in [2.05, 4.69) is 5.32 Å². The van der Waals surface area contributed by atoms with Gasteiger partial charge in [-0.1, -0.05) is 41.4 Å². The number of halogens is 1. The molecule has 31 heavy (non-hydrogen) atoms. The number of anilines is 2. The van der Waals surface area contributed by atoms with E-state index in [0.29, 0.717) is 16.4 Å². The molecule has 162 valence electrons. The predicted octanol–water partition coefficient (Wildman–Crippen LogP) is 5.41. The van der Waals surface area contributed by atoms with Crippen molar-refractivity contribution in [2.24, 2.45) is 0 Å². The van der Waals surface area contributed by atoms with Crippen LogP contribution in [-0.4, -0.2) is 20.9 Å². The summed E-state index contributed by atoms with van der Waals surface area (Å²) in [6, 6.07) is 17.2. The molecule has 0 heterocycles. The molecule has 1 N–H and O–H groups in total. The van der Waals surface area contributed by atoms with Crippen LogP contribution in [0.25, 0.3) is 0 Å². The normalized spacial score (nSPS) is 11.3. The minimum absolute atomic E-state index is 0.128. The summed E-state index contributed by atoms with van der Waals surface area (Å²) in [4.78, 5) is 13.0. The summed E-state index contributed by atoms with van der Waals surface area (Å²) in [6.07, 6.45) is 0. The topological polar surface area (TPSA) is 66.5 Å². The number of aryl methyl sites for hydroxylation is 4. The number of carbonyl (C=O) groups excluding carboxylic acids is 1. The molecule has 0 unspecified atom stereocenters. The van der Waals surface area contributed by atoms with Crippen LogP contribution < -0.4 is 9.62 Å². The number of carbonyl (C=O) groups is 1. The first kappa shape index (κ1) is 22.8. The van der Waals surface area contributed by atoms with Gasteiger partial charge in [-0.3, -0.25) is 9.10 Å². The van der Waals surface area contributed by atoms with Crippen LogP contribution in [-0.2, 0) is 14.8 Å². The Labute approximate surface area is 188 Å². The first-order valence-corrected chi connectivity index (χ1v) is 11.6. The second-order valence-electron chi connectivity index (χ2n) is 7.68. The Morgan fingerprint density at radius 3 is 2.06 bits per heavy atom. The van der Waals surface area contributed by atoms with Crippen LogP contribution in [0.5, 0.6) is 0 Å². The molecular formula is C24H25ClN2O3S. The number of nitrogens with one attached hydrogen (secondary N) is 1. The Bertz CT molecular complexity index is 1200. The van der Waals surface area contributed by atoms with Gasteiger partial charge in [0, 0.05) is 10.7 Å². The lowest BCUT2D eigenvalue weighted by Crippen LogP contribution is -2.38. The molecule has 3 rings (SSSR count). The number of nitrogens with zero attached hydrogens (tertiary/aromatic N) is 1. The van der Waals surface area contributed by atoms with Gasteiger partial charge < -0.3 is 5.32 Å². The van der Waals surface area contributed by atoms with Gasteiger partial charge in [0.1, 0.15) is 6.54 Å². The zero-order valence-electron chi connectivity index (χ0n) is 17.9. The zero-order valence-corrected chi connectivity index (χ0v) is 19.5. The smallest absolute Gasteiger partial charge is 0.264 e. The fraction of sp³-hybridized carbons (Fsp3) is 0.208. The second-order valence-corrected chi connectivity index (χ2v) is 9.95. The zero-order chi connectivity index (χ0) is 22.8. The van der Waals surface area contributed by atoms with Crippen molar-refractivity contribution >= 4 is 38.9 Å². The molecule has 1 amide bonds. The third kappa shape index (κ3) is 5.46. The molecule has 0 bridgehead atoms. The van der Waals surface area contributed by atoms with Crippen molar-refractivity contribution in [3.05, 3.63) is 87.9 Å². The van der Waals surface area contributed by atoms with Crippen molar-refractivity contribution < 1.29 is 13.2 Å². The van der Waals surface area contributed by atoms with E-state index in [4.69, 9.17) is 11.6 Å². The molecule has 0 atom stereocenters. The van der Waals surface area contributed by atoms with Gasteiger partial charge in [-0.15, -0.1) is 0 Å². The molecular weight excluding hydrogens is 432 g/mol. The number of amides is 1. The summed E-state index contributed by atoms with van der Waals surface area (Å²) in [5, 5.41) is 3.27. The molecule has 0 radical (unpaired) electrons. The standard InChI is InChI=1S/C24H25ClN2O3S/c1-16-5-9-22(10-6-16)31(29,30)27(21-12-17(2)11-18(3)13-21)15-24(28)26-20-8-7-19(4)23(25)14-20/h5-14H,15H2,1-4H3,(H,26,28). The van der Waals surface area contributed by atoms with Crippen LogP contribution in [0.15, 0.2) is 65.6 Å². The Hall–Kier alpha value is -2.83. The van der Waals surface area contributed by atoms with E-state index < -0.39 is 15.9 Å². The van der Waals surface area contributed by atoms with E-state index in [-0.39, 0.29) is 11.4 Å². The number of hydrogen-bond acceptors (Lipinski definition) is 3. The Kier molecular flexibility index (Phi) is 6.72. The summed E-state index contributed by atoms with van der Waals surface area (Å²) < 4.78 is 28.1. The lowest BCUT2D eigenvalue weighted by atomic mass is 10.1. The average Bonchev–Trinajstić information content (AvgIpc) is 2.68. The fourth-order valence-corrected chi connectivity index (χ4v) is 4.83. The number of rotatable bonds is 6. The first-order valence-electron chi connectivity index (χ1n) is 9.80. The molecule has 0 saturated carbocycles. The van der Waals surface area contributed by atoms with E-state index in [9.17, 15) is 13.2 Å². The molecule has 0 spiro atoms. The highest BCUT2D eigenvalue weighted by Crippen LogP contribution is 2.27. The van der Waals surface area contributed by atoms with Gasteiger partial charge in [0.25, 0.3) is 10.0 Å². The first-order chi connectivity index (χ1) is 14.6. The van der Waals surface area contributed by atoms with Crippen molar-refractivity contribution in [2.75, 3.05) is 16.2 Å². The molecule has 0 fully saturated rings. The van der Waals surface area contributed by atoms with Crippen molar-refractivity contribution in [1.29, 1.82) is 0 Å². The molecule has 5 nitrogen and oxygen atoms in total. The van der Waals surface area contributed by atoms with E-state index in [1.807, 2.05) is 33.8 Å². The fourth-order valence-electron chi connectivity index (χ4n) is 3.25. The second kappa shape index (κ2) is 9.12. The van der Waals surface area contributed by atoms with E-state index >= 15 is 0 Å². The average molecular weight is 457 g/mol. The maximum Gasteiger partial charge on any atom is 0.264 e. The minimum atomic E-state index is -3.96. The molecule has 0 aliphatic rings. The summed E-state index contributed by atoms with van der Waals surface area (Å²) in [5.41, 5.74) is 4.60. The van der Waals surface area contributed by atoms with Crippen molar-refractivity contribution in [3.63, 3.8) is 0 Å². The molecule has 7 heteroatoms. The predicted molar refractivity (Wildman–Crippen MR) is 126 cm³/mol. The molecule has 3 aromatic rings. The van der Waals surface area contributed by atoms with Gasteiger partial charge in [0.2, 0.25) is 5.91 Å². The van der Waals surface area contributed by atoms with E-state index in [1.54, 1.807) is 54.6 Å². The Morgan fingerprint density at radius 2 is 1.48 bits per heavy atom. The molecule has 0 aliphatic carbocycles. The van der Waals surface area contributed by atoms with Crippen LogP contribution in [0.2, 0.25) is 5.02 Å². The van der Waals surface area contributed by atoms with Gasteiger partial charge in [0.05, 0.1) is 10.6 Å². The molecule has 0 saturated heterocycles. The quantitative estimate of drug-likeness (QED) is 0.539. The van der Waals surface area contributed by atoms with Crippen molar-refractivity contribution in [1.82, 2.24) is 0 Å². The maximum absolute atomic E-state index is 13.5. The molecule has 3 aromatic carbocycles. The van der Waals surface area contributed by atoms with Crippen LogP contribution >= 0.6 is 11.6 Å². The van der Waals surface area contributed by atoms with Gasteiger partial charge in [-0.25, -0.2) is 8.42 Å². The molecule has 0 aliphatic heterocycles. The number of sulfonamides is 1. The lowest BCUT2D eigenvalue weighted by molar-refractivity contribution is -0.114. The van der Waals surface area contributed by atoms with E-state index in [0.717, 1.165) is 26.6 Å². The summed E-state index contributed by atoms with van der Waals surface area (Å²) in [7, 11) is -3.96. The Balaban J connectivity index is 1.98. The van der Waals surface area contributed by atoms with Gasteiger partial charge in [-0.2, -0.15) is 0 Å². The summed E-state index contributed by atoms with van der Waals surface area (Å²) >= 11 is 6.14. The highest BCUT2D eigenvalue weighted by atomic mass is 35.5. The van der Waals surface area contributed by atoms with Crippen LogP contribution in [0.1, 0.15) is 22.3 Å². The monoisotopic (exact) mass is 456 g/mol. The van der Waals surface area contributed by atoms with Crippen LogP contribution in [0.3, 0.4) is 0 Å². The highest BCUT2D eigenvalue weighted by molar-refractivity contribution is 7.92. The summed E-state index contributed by atoms with van der Waals surface area (Å²) in [6.45, 7) is 7.16.